The fourth-order valence-corrected chi connectivity index (χ4v) is 2.92. The summed E-state index contributed by atoms with van der Waals surface area (Å²) in [5, 5.41) is 2.89. The molecule has 2 aromatic rings. The van der Waals surface area contributed by atoms with Gasteiger partial charge in [-0.05, 0) is 36.1 Å². The summed E-state index contributed by atoms with van der Waals surface area (Å²) in [4.78, 5) is 26.2. The fourth-order valence-electron chi connectivity index (χ4n) is 2.92. The Morgan fingerprint density at radius 2 is 1.72 bits per heavy atom. The molecule has 2 rings (SSSR count). The lowest BCUT2D eigenvalue weighted by Gasteiger charge is -2.27. The molecule has 0 aliphatic heterocycles. The first-order valence-corrected chi connectivity index (χ1v) is 8.62. The number of aryl methyl sites for hydroxylation is 1. The molecule has 0 heterocycles. The molecule has 0 bridgehead atoms. The third-order valence-electron chi connectivity index (χ3n) is 4.20. The average molecular weight is 338 g/mol. The Morgan fingerprint density at radius 3 is 2.32 bits per heavy atom. The highest BCUT2D eigenvalue weighted by Gasteiger charge is 2.19. The minimum atomic E-state index is -0.127. The molecule has 0 aliphatic rings. The van der Waals surface area contributed by atoms with Gasteiger partial charge in [-0.25, -0.2) is 0 Å². The van der Waals surface area contributed by atoms with Crippen molar-refractivity contribution in [2.45, 2.75) is 33.6 Å². The van der Waals surface area contributed by atoms with Gasteiger partial charge in [0.15, 0.2) is 0 Å². The molecule has 132 valence electrons. The quantitative estimate of drug-likeness (QED) is 0.868. The third-order valence-corrected chi connectivity index (χ3v) is 4.20. The number of carbonyl (C=O) groups excluding carboxylic acids is 2. The molecule has 0 atom stereocenters. The number of para-hydroxylation sites is 1. The largest absolute Gasteiger partial charge is 0.350 e. The molecule has 0 fully saturated rings. The van der Waals surface area contributed by atoms with Gasteiger partial charge in [-0.2, -0.15) is 0 Å². The molecule has 25 heavy (non-hydrogen) atoms. The van der Waals surface area contributed by atoms with E-state index in [1.54, 1.807) is 24.0 Å². The van der Waals surface area contributed by atoms with Crippen LogP contribution in [0.25, 0.3) is 0 Å². The molecule has 4 heteroatoms. The van der Waals surface area contributed by atoms with Gasteiger partial charge < -0.3 is 10.2 Å². The van der Waals surface area contributed by atoms with Gasteiger partial charge in [-0.15, -0.1) is 0 Å². The molecule has 0 spiro atoms. The van der Waals surface area contributed by atoms with E-state index in [9.17, 15) is 9.59 Å². The van der Waals surface area contributed by atoms with Crippen molar-refractivity contribution in [3.05, 3.63) is 65.2 Å². The van der Waals surface area contributed by atoms with Gasteiger partial charge in [0, 0.05) is 25.6 Å². The Kier molecular flexibility index (Phi) is 6.34. The highest BCUT2D eigenvalue weighted by atomic mass is 16.2. The van der Waals surface area contributed by atoms with Crippen LogP contribution in [0.2, 0.25) is 0 Å². The second-order valence-corrected chi connectivity index (χ2v) is 6.46. The molecule has 0 radical (unpaired) electrons. The van der Waals surface area contributed by atoms with Crippen molar-refractivity contribution in [3.63, 3.8) is 0 Å². The van der Waals surface area contributed by atoms with Crippen LogP contribution in [0.4, 0.5) is 5.69 Å². The Morgan fingerprint density at radius 1 is 1.04 bits per heavy atom. The van der Waals surface area contributed by atoms with E-state index in [0.29, 0.717) is 24.6 Å². The van der Waals surface area contributed by atoms with Crippen LogP contribution in [0.3, 0.4) is 0 Å². The number of nitrogens with zero attached hydrogens (tertiary/aromatic N) is 1. The zero-order valence-corrected chi connectivity index (χ0v) is 15.4. The van der Waals surface area contributed by atoms with Crippen LogP contribution in [0.5, 0.6) is 0 Å². The van der Waals surface area contributed by atoms with Crippen LogP contribution in [0.15, 0.2) is 48.5 Å². The molecule has 2 amide bonds. The van der Waals surface area contributed by atoms with Crippen molar-refractivity contribution >= 4 is 17.5 Å². The lowest BCUT2D eigenvalue weighted by atomic mass is 9.97. The molecule has 4 nitrogen and oxygen atoms in total. The maximum atomic E-state index is 12.2. The van der Waals surface area contributed by atoms with Crippen molar-refractivity contribution in [1.82, 2.24) is 5.32 Å². The van der Waals surface area contributed by atoms with Crippen LogP contribution in [-0.4, -0.2) is 24.9 Å². The Balaban J connectivity index is 2.13. The second kappa shape index (κ2) is 8.47. The minimum absolute atomic E-state index is 0.0230. The summed E-state index contributed by atoms with van der Waals surface area (Å²) in [5.41, 5.74) is 3.79. The van der Waals surface area contributed by atoms with E-state index in [-0.39, 0.29) is 11.8 Å². The standard InChI is InChI=1S/C21H26N2O2/c1-15(2)19-12-8-9-16(3)20(19)23(17(4)24)14-13-22-21(25)18-10-6-5-7-11-18/h5-12,15H,13-14H2,1-4H3,(H,22,25). The monoisotopic (exact) mass is 338 g/mol. The van der Waals surface area contributed by atoms with Crippen LogP contribution >= 0.6 is 0 Å². The smallest absolute Gasteiger partial charge is 0.251 e. The zero-order valence-electron chi connectivity index (χ0n) is 15.4. The van der Waals surface area contributed by atoms with Crippen molar-refractivity contribution in [3.8, 4) is 0 Å². The van der Waals surface area contributed by atoms with E-state index in [0.717, 1.165) is 16.8 Å². The molecular weight excluding hydrogens is 312 g/mol. The predicted molar refractivity (Wildman–Crippen MR) is 102 cm³/mol. The number of anilines is 1. The number of rotatable bonds is 6. The summed E-state index contributed by atoms with van der Waals surface area (Å²) in [7, 11) is 0. The number of carbonyl (C=O) groups is 2. The highest BCUT2D eigenvalue weighted by molar-refractivity contribution is 5.95. The van der Waals surface area contributed by atoms with Gasteiger partial charge in [-0.1, -0.05) is 50.2 Å². The Hall–Kier alpha value is -2.62. The van der Waals surface area contributed by atoms with Crippen molar-refractivity contribution in [2.75, 3.05) is 18.0 Å². The van der Waals surface area contributed by atoms with Crippen molar-refractivity contribution in [2.24, 2.45) is 0 Å². The fraction of sp³-hybridized carbons (Fsp3) is 0.333. The molecular formula is C21H26N2O2. The van der Waals surface area contributed by atoms with E-state index in [2.05, 4.69) is 25.2 Å². The Bertz CT molecular complexity index is 739. The van der Waals surface area contributed by atoms with E-state index in [1.807, 2.05) is 37.3 Å². The number of hydrogen-bond donors (Lipinski definition) is 1. The first-order chi connectivity index (χ1) is 11.9. The van der Waals surface area contributed by atoms with Crippen LogP contribution in [0.1, 0.15) is 48.2 Å². The summed E-state index contributed by atoms with van der Waals surface area (Å²) in [5.74, 6) is 0.166. The number of nitrogens with one attached hydrogen (secondary N) is 1. The first-order valence-electron chi connectivity index (χ1n) is 8.62. The molecule has 0 saturated carbocycles. The highest BCUT2D eigenvalue weighted by Crippen LogP contribution is 2.30. The normalized spacial score (nSPS) is 10.6. The average Bonchev–Trinajstić information content (AvgIpc) is 2.59. The molecule has 0 unspecified atom stereocenters. The van der Waals surface area contributed by atoms with Crippen LogP contribution in [-0.2, 0) is 4.79 Å². The topological polar surface area (TPSA) is 49.4 Å². The van der Waals surface area contributed by atoms with Crippen molar-refractivity contribution in [1.29, 1.82) is 0 Å². The summed E-state index contributed by atoms with van der Waals surface area (Å²) < 4.78 is 0. The van der Waals surface area contributed by atoms with Crippen LogP contribution < -0.4 is 10.2 Å². The predicted octanol–water partition coefficient (Wildman–Crippen LogP) is 3.90. The lowest BCUT2D eigenvalue weighted by Crippen LogP contribution is -2.38. The van der Waals surface area contributed by atoms with E-state index >= 15 is 0 Å². The molecule has 1 N–H and O–H groups in total. The zero-order chi connectivity index (χ0) is 18.4. The maximum Gasteiger partial charge on any atom is 0.251 e. The molecule has 0 aliphatic carbocycles. The summed E-state index contributed by atoms with van der Waals surface area (Å²) in [6, 6.07) is 15.2. The van der Waals surface area contributed by atoms with Gasteiger partial charge in [0.2, 0.25) is 5.91 Å². The van der Waals surface area contributed by atoms with Gasteiger partial charge in [-0.3, -0.25) is 9.59 Å². The van der Waals surface area contributed by atoms with E-state index in [1.165, 1.54) is 0 Å². The summed E-state index contributed by atoms with van der Waals surface area (Å²) in [6.07, 6.45) is 0. The number of hydrogen-bond acceptors (Lipinski definition) is 2. The first kappa shape index (κ1) is 18.7. The second-order valence-electron chi connectivity index (χ2n) is 6.46. The van der Waals surface area contributed by atoms with Gasteiger partial charge in [0.25, 0.3) is 5.91 Å². The lowest BCUT2D eigenvalue weighted by molar-refractivity contribution is -0.116. The minimum Gasteiger partial charge on any atom is -0.350 e. The number of benzene rings is 2. The number of amides is 2. The van der Waals surface area contributed by atoms with Gasteiger partial charge >= 0.3 is 0 Å². The van der Waals surface area contributed by atoms with Gasteiger partial charge in [0.1, 0.15) is 0 Å². The molecule has 0 aromatic heterocycles. The van der Waals surface area contributed by atoms with Crippen LogP contribution in [0, 0.1) is 6.92 Å². The molecule has 2 aromatic carbocycles. The summed E-state index contributed by atoms with van der Waals surface area (Å²) >= 11 is 0. The SMILES string of the molecule is CC(=O)N(CCNC(=O)c1ccccc1)c1c(C)cccc1C(C)C. The maximum absolute atomic E-state index is 12.2. The molecule has 0 saturated heterocycles. The van der Waals surface area contributed by atoms with E-state index < -0.39 is 0 Å². The third kappa shape index (κ3) is 4.69. The van der Waals surface area contributed by atoms with Crippen molar-refractivity contribution < 1.29 is 9.59 Å². The van der Waals surface area contributed by atoms with E-state index in [4.69, 9.17) is 0 Å². The van der Waals surface area contributed by atoms with Gasteiger partial charge in [0.05, 0.1) is 5.69 Å². The Labute approximate surface area is 149 Å². The summed E-state index contributed by atoms with van der Waals surface area (Å²) in [6.45, 7) is 8.66.